The van der Waals surface area contributed by atoms with E-state index in [0.717, 1.165) is 19.5 Å². The number of carbonyl (C=O) groups is 1. The Morgan fingerprint density at radius 1 is 1.42 bits per heavy atom. The summed E-state index contributed by atoms with van der Waals surface area (Å²) in [4.78, 5) is 31.5. The highest BCUT2D eigenvalue weighted by Crippen LogP contribution is 2.41. The minimum atomic E-state index is -1.32. The number of fused-ring (bicyclic) bond motifs is 4. The maximum absolute atomic E-state index is 15.7. The number of thiazole rings is 1. The Morgan fingerprint density at radius 3 is 2.97 bits per heavy atom. The molecule has 33 heavy (non-hydrogen) atoms. The van der Waals surface area contributed by atoms with E-state index < -0.39 is 17.2 Å². The summed E-state index contributed by atoms with van der Waals surface area (Å²) in [6, 6.07) is 1.20. The van der Waals surface area contributed by atoms with Gasteiger partial charge in [0.25, 0.3) is 0 Å². The molecule has 5 rings (SSSR count). The van der Waals surface area contributed by atoms with Gasteiger partial charge in [0.1, 0.15) is 16.2 Å². The van der Waals surface area contributed by atoms with Crippen LogP contribution in [0.3, 0.4) is 0 Å². The summed E-state index contributed by atoms with van der Waals surface area (Å²) in [5.74, 6) is -0.633. The topological polar surface area (TPSA) is 86.4 Å². The molecule has 0 bridgehead atoms. The number of hydrogen-bond acceptors (Lipinski definition) is 6. The second-order valence-corrected chi connectivity index (χ2v) is 9.60. The number of aromatic carboxylic acids is 1. The summed E-state index contributed by atoms with van der Waals surface area (Å²) in [5.41, 5.74) is 0.407. The monoisotopic (exact) mass is 468 g/mol. The van der Waals surface area contributed by atoms with Gasteiger partial charge in [0, 0.05) is 50.0 Å². The molecular formula is C24H25FN4O3S. The average Bonchev–Trinajstić information content (AvgIpc) is 3.41. The predicted octanol–water partition coefficient (Wildman–Crippen LogP) is 3.25. The zero-order chi connectivity index (χ0) is 23.3. The van der Waals surface area contributed by atoms with Gasteiger partial charge in [0.2, 0.25) is 5.43 Å². The molecule has 3 atom stereocenters. The van der Waals surface area contributed by atoms with Gasteiger partial charge in [-0.05, 0) is 37.3 Å². The number of benzene rings is 1. The average molecular weight is 469 g/mol. The van der Waals surface area contributed by atoms with E-state index in [2.05, 4.69) is 27.4 Å². The van der Waals surface area contributed by atoms with Gasteiger partial charge in [-0.25, -0.2) is 9.18 Å². The number of carboxylic acids is 1. The Morgan fingerprint density at radius 2 is 2.24 bits per heavy atom. The third-order valence-corrected chi connectivity index (χ3v) is 7.77. The molecule has 0 radical (unpaired) electrons. The maximum atomic E-state index is 15.7. The van der Waals surface area contributed by atoms with E-state index in [1.165, 1.54) is 17.4 Å². The van der Waals surface area contributed by atoms with Gasteiger partial charge in [0.05, 0.1) is 16.6 Å². The van der Waals surface area contributed by atoms with Crippen molar-refractivity contribution in [2.24, 2.45) is 22.7 Å². The molecule has 2 aromatic heterocycles. The summed E-state index contributed by atoms with van der Waals surface area (Å²) in [5, 5.41) is 14.7. The van der Waals surface area contributed by atoms with E-state index in [1.54, 1.807) is 29.2 Å². The zero-order valence-corrected chi connectivity index (χ0v) is 19.2. The third kappa shape index (κ3) is 3.38. The fraction of sp³-hybridized carbons (Fsp3) is 0.375. The van der Waals surface area contributed by atoms with E-state index in [-0.39, 0.29) is 10.9 Å². The molecule has 7 nitrogen and oxygen atoms in total. The highest BCUT2D eigenvalue weighted by atomic mass is 32.1. The Kier molecular flexibility index (Phi) is 5.54. The number of halogens is 1. The highest BCUT2D eigenvalue weighted by Gasteiger charge is 2.39. The number of anilines is 1. The van der Waals surface area contributed by atoms with Gasteiger partial charge in [-0.15, -0.1) is 11.3 Å². The third-order valence-electron chi connectivity index (χ3n) is 6.89. The lowest BCUT2D eigenvalue weighted by Gasteiger charge is -2.28. The lowest BCUT2D eigenvalue weighted by molar-refractivity contribution is 0.0697. The van der Waals surface area contributed by atoms with Crippen LogP contribution in [0.2, 0.25) is 0 Å². The molecule has 9 heteroatoms. The van der Waals surface area contributed by atoms with Crippen LogP contribution in [-0.2, 0) is 0 Å². The van der Waals surface area contributed by atoms with E-state index in [0.29, 0.717) is 45.9 Å². The second-order valence-electron chi connectivity index (χ2n) is 8.71. The van der Waals surface area contributed by atoms with Crippen molar-refractivity contribution in [3.63, 3.8) is 0 Å². The van der Waals surface area contributed by atoms with Crippen LogP contribution in [-0.4, -0.2) is 55.4 Å². The van der Waals surface area contributed by atoms with E-state index >= 15 is 4.39 Å². The van der Waals surface area contributed by atoms with E-state index in [4.69, 9.17) is 0 Å². The van der Waals surface area contributed by atoms with Gasteiger partial charge in [0.15, 0.2) is 0 Å². The Hall–Kier alpha value is -3.04. The van der Waals surface area contributed by atoms with Crippen molar-refractivity contribution in [1.82, 2.24) is 9.72 Å². The van der Waals surface area contributed by atoms with Crippen molar-refractivity contribution >= 4 is 44.9 Å². The second kappa shape index (κ2) is 8.39. The van der Waals surface area contributed by atoms with Crippen LogP contribution in [0.15, 0.2) is 39.6 Å². The van der Waals surface area contributed by atoms with Crippen LogP contribution in [0.25, 0.3) is 15.7 Å². The lowest BCUT2D eigenvalue weighted by atomic mass is 9.78. The van der Waals surface area contributed by atoms with Crippen molar-refractivity contribution in [3.8, 4) is 0 Å². The molecule has 3 aromatic rings. The lowest BCUT2D eigenvalue weighted by Crippen LogP contribution is -2.31. The highest BCUT2D eigenvalue weighted by molar-refractivity contribution is 7.16. The Balaban J connectivity index is 1.74. The molecule has 0 saturated carbocycles. The molecule has 3 unspecified atom stereocenters. The number of nitrogens with zero attached hydrogens (tertiary/aromatic N) is 3. The van der Waals surface area contributed by atoms with Crippen LogP contribution in [0, 0.1) is 23.6 Å². The van der Waals surface area contributed by atoms with E-state index in [1.807, 2.05) is 7.05 Å². The molecular weight excluding hydrogens is 443 g/mol. The molecule has 0 amide bonds. The molecule has 3 heterocycles. The largest absolute Gasteiger partial charge is 0.477 e. The number of nitrogens with one attached hydrogen (secondary N) is 1. The summed E-state index contributed by atoms with van der Waals surface area (Å²) in [6.07, 6.45) is 8.74. The standard InChI is InChI=1S/C24H25FN4O3S/c1-26-9-13-4-3-5-14-11-28(12-17(13)14)21-16(10-27-2)20-15(8-18(21)25)22(30)19(24(31)32)23-29(20)6-7-33-23/h3-4,6-8,10,13-14,17,26H,5,9,11-12H2,1-2H3,(H,31,32). The molecule has 2 N–H and O–H groups in total. The number of pyridine rings is 1. The normalized spacial score (nSPS) is 22.6. The van der Waals surface area contributed by atoms with Crippen molar-refractivity contribution < 1.29 is 14.3 Å². The number of carboxylic acid groups (broad SMARTS) is 1. The smallest absolute Gasteiger partial charge is 0.342 e. The van der Waals surface area contributed by atoms with Crippen LogP contribution >= 0.6 is 11.3 Å². The summed E-state index contributed by atoms with van der Waals surface area (Å²) >= 11 is 1.18. The summed E-state index contributed by atoms with van der Waals surface area (Å²) in [7, 11) is 3.55. The number of aliphatic imine (C=N–C) groups is 1. The fourth-order valence-corrected chi connectivity index (χ4v) is 6.43. The first kappa shape index (κ1) is 21.8. The van der Waals surface area contributed by atoms with Crippen LogP contribution in [0.1, 0.15) is 22.3 Å². The minimum Gasteiger partial charge on any atom is -0.477 e. The number of rotatable bonds is 5. The van der Waals surface area contributed by atoms with Crippen LogP contribution in [0.5, 0.6) is 0 Å². The summed E-state index contributed by atoms with van der Waals surface area (Å²) in [6.45, 7) is 2.30. The quantitative estimate of drug-likeness (QED) is 0.444. The molecule has 0 spiro atoms. The van der Waals surface area contributed by atoms with Crippen molar-refractivity contribution in [3.05, 3.63) is 57.0 Å². The fourth-order valence-electron chi connectivity index (χ4n) is 5.55. The van der Waals surface area contributed by atoms with Crippen LogP contribution < -0.4 is 15.6 Å². The van der Waals surface area contributed by atoms with Crippen LogP contribution in [0.4, 0.5) is 10.1 Å². The molecule has 1 saturated heterocycles. The van der Waals surface area contributed by atoms with Crippen molar-refractivity contribution in [2.45, 2.75) is 6.42 Å². The molecule has 1 aromatic carbocycles. The van der Waals surface area contributed by atoms with Crippen molar-refractivity contribution in [1.29, 1.82) is 0 Å². The predicted molar refractivity (Wildman–Crippen MR) is 130 cm³/mol. The van der Waals surface area contributed by atoms with Gasteiger partial charge in [-0.2, -0.15) is 0 Å². The first-order valence-corrected chi connectivity index (χ1v) is 11.8. The first-order chi connectivity index (χ1) is 16.0. The van der Waals surface area contributed by atoms with E-state index in [9.17, 15) is 14.7 Å². The van der Waals surface area contributed by atoms with Gasteiger partial charge in [-0.1, -0.05) is 12.2 Å². The molecule has 1 aliphatic heterocycles. The number of aromatic nitrogens is 1. The minimum absolute atomic E-state index is 0.0470. The molecule has 2 aliphatic rings. The van der Waals surface area contributed by atoms with Gasteiger partial charge < -0.3 is 19.7 Å². The SMILES string of the molecule is CN=Cc1c(N2CC3CC=CC(CNC)C3C2)c(F)cc2c(=O)c(C(=O)O)c3sccn3c12. The molecule has 172 valence electrons. The number of allylic oxidation sites excluding steroid dienone is 1. The molecule has 1 aliphatic carbocycles. The van der Waals surface area contributed by atoms with Gasteiger partial charge >= 0.3 is 5.97 Å². The number of hydrogen-bond donors (Lipinski definition) is 2. The molecule has 1 fully saturated rings. The first-order valence-electron chi connectivity index (χ1n) is 11.0. The van der Waals surface area contributed by atoms with Gasteiger partial charge in [-0.3, -0.25) is 9.79 Å². The Labute approximate surface area is 193 Å². The maximum Gasteiger partial charge on any atom is 0.342 e. The summed E-state index contributed by atoms with van der Waals surface area (Å²) < 4.78 is 17.4. The Bertz CT molecular complexity index is 1380. The zero-order valence-electron chi connectivity index (χ0n) is 18.4. The van der Waals surface area contributed by atoms with Crippen molar-refractivity contribution in [2.75, 3.05) is 38.6 Å².